The van der Waals surface area contributed by atoms with E-state index in [1.165, 1.54) is 54.2 Å². The van der Waals surface area contributed by atoms with Crippen LogP contribution in [0, 0.1) is 0 Å². The van der Waals surface area contributed by atoms with Crippen molar-refractivity contribution in [3.8, 4) is 33.6 Å². The summed E-state index contributed by atoms with van der Waals surface area (Å²) in [7, 11) is 0. The SMILES string of the molecule is C1=c2ccccc2=C(c2c3ccccc3c(-c3cccc(-c4cccc(-c5ccccc5)n4)c3)c3ccccc23)CC1. The zero-order valence-electron chi connectivity index (χ0n) is 23.3. The number of pyridine rings is 1. The summed E-state index contributed by atoms with van der Waals surface area (Å²) >= 11 is 0. The van der Waals surface area contributed by atoms with Crippen LogP contribution < -0.4 is 10.4 Å². The third-order valence-electron chi connectivity index (χ3n) is 8.54. The lowest BCUT2D eigenvalue weighted by atomic mass is 9.83. The number of benzene rings is 6. The third kappa shape index (κ3) is 4.14. The molecule has 0 N–H and O–H groups in total. The molecule has 1 aliphatic carbocycles. The Bertz CT molecular complexity index is 2190. The average molecular weight is 536 g/mol. The maximum atomic E-state index is 5.06. The van der Waals surface area contributed by atoms with Crippen LogP contribution >= 0.6 is 0 Å². The number of nitrogens with zero attached hydrogens (tertiary/aromatic N) is 1. The van der Waals surface area contributed by atoms with Gasteiger partial charge in [-0.05, 0) is 85.3 Å². The maximum absolute atomic E-state index is 5.06. The summed E-state index contributed by atoms with van der Waals surface area (Å²) in [6.45, 7) is 0. The van der Waals surface area contributed by atoms with Crippen molar-refractivity contribution < 1.29 is 0 Å². The first-order valence-corrected chi connectivity index (χ1v) is 14.7. The predicted octanol–water partition coefficient (Wildman–Crippen LogP) is 9.16. The summed E-state index contributed by atoms with van der Waals surface area (Å²) in [6.07, 6.45) is 4.49. The van der Waals surface area contributed by atoms with Gasteiger partial charge >= 0.3 is 0 Å². The van der Waals surface area contributed by atoms with Crippen molar-refractivity contribution >= 4 is 33.2 Å². The van der Waals surface area contributed by atoms with E-state index in [-0.39, 0.29) is 0 Å². The molecule has 0 atom stereocenters. The van der Waals surface area contributed by atoms with Crippen molar-refractivity contribution in [2.24, 2.45) is 0 Å². The standard InChI is InChI=1S/C41H29N/c1-2-14-29(15-3-1)38-25-12-26-39(42-38)30-17-10-18-31(27-30)40-34-20-6-8-22-36(34)41(37-23-9-7-21-35(37)40)33-24-11-16-28-13-4-5-19-32(28)33/h1-10,12-23,25-27H,11,24H2. The molecule has 1 heteroatoms. The number of hydrogen-bond acceptors (Lipinski definition) is 1. The third-order valence-corrected chi connectivity index (χ3v) is 8.54. The van der Waals surface area contributed by atoms with E-state index in [1.54, 1.807) is 0 Å². The summed E-state index contributed by atoms with van der Waals surface area (Å²) in [5.74, 6) is 0. The lowest BCUT2D eigenvalue weighted by molar-refractivity contribution is 1.08. The fourth-order valence-corrected chi connectivity index (χ4v) is 6.68. The number of fused-ring (bicyclic) bond motifs is 3. The minimum Gasteiger partial charge on any atom is -0.248 e. The predicted molar refractivity (Wildman–Crippen MR) is 177 cm³/mol. The monoisotopic (exact) mass is 535 g/mol. The van der Waals surface area contributed by atoms with Gasteiger partial charge in [-0.2, -0.15) is 0 Å². The van der Waals surface area contributed by atoms with E-state index in [2.05, 4.69) is 146 Å². The number of aromatic nitrogens is 1. The Morgan fingerprint density at radius 1 is 0.429 bits per heavy atom. The second-order valence-corrected chi connectivity index (χ2v) is 11.0. The van der Waals surface area contributed by atoms with Gasteiger partial charge in [0.25, 0.3) is 0 Å². The summed E-state index contributed by atoms with van der Waals surface area (Å²) < 4.78 is 0. The van der Waals surface area contributed by atoms with Crippen LogP contribution in [-0.4, -0.2) is 4.98 Å². The van der Waals surface area contributed by atoms with Crippen molar-refractivity contribution in [3.05, 3.63) is 162 Å². The Hall–Kier alpha value is -5.27. The van der Waals surface area contributed by atoms with Crippen LogP contribution in [0.4, 0.5) is 0 Å². The molecule has 1 nitrogen and oxygen atoms in total. The van der Waals surface area contributed by atoms with Crippen LogP contribution in [0.25, 0.3) is 66.8 Å². The lowest BCUT2D eigenvalue weighted by Crippen LogP contribution is -2.29. The van der Waals surface area contributed by atoms with Gasteiger partial charge in [0.2, 0.25) is 0 Å². The van der Waals surface area contributed by atoms with Gasteiger partial charge in [-0.1, -0.05) is 133 Å². The Balaban J connectivity index is 1.38. The maximum Gasteiger partial charge on any atom is 0.0709 e. The molecule has 7 aromatic rings. The van der Waals surface area contributed by atoms with Gasteiger partial charge in [0.15, 0.2) is 0 Å². The largest absolute Gasteiger partial charge is 0.248 e. The summed E-state index contributed by atoms with van der Waals surface area (Å²) in [6, 6.07) is 52.4. The van der Waals surface area contributed by atoms with E-state index in [0.29, 0.717) is 0 Å². The molecule has 6 aromatic carbocycles. The van der Waals surface area contributed by atoms with Crippen LogP contribution in [0.15, 0.2) is 146 Å². The molecule has 198 valence electrons. The van der Waals surface area contributed by atoms with Crippen molar-refractivity contribution in [1.82, 2.24) is 4.98 Å². The van der Waals surface area contributed by atoms with E-state index in [4.69, 9.17) is 4.98 Å². The first-order valence-electron chi connectivity index (χ1n) is 14.7. The van der Waals surface area contributed by atoms with Crippen LogP contribution in [0.3, 0.4) is 0 Å². The lowest BCUT2D eigenvalue weighted by Gasteiger charge is -2.21. The zero-order valence-corrected chi connectivity index (χ0v) is 23.3. The Morgan fingerprint density at radius 3 is 1.71 bits per heavy atom. The highest BCUT2D eigenvalue weighted by molar-refractivity contribution is 6.18. The van der Waals surface area contributed by atoms with Gasteiger partial charge in [-0.3, -0.25) is 0 Å². The quantitative estimate of drug-likeness (QED) is 0.205. The fraction of sp³-hybridized carbons (Fsp3) is 0.0488. The van der Waals surface area contributed by atoms with Gasteiger partial charge < -0.3 is 0 Å². The van der Waals surface area contributed by atoms with Gasteiger partial charge in [-0.15, -0.1) is 0 Å². The van der Waals surface area contributed by atoms with Gasteiger partial charge in [0.05, 0.1) is 11.4 Å². The molecule has 1 heterocycles. The first kappa shape index (κ1) is 24.5. The summed E-state index contributed by atoms with van der Waals surface area (Å²) in [4.78, 5) is 5.06. The Morgan fingerprint density at radius 2 is 0.976 bits per heavy atom. The molecule has 42 heavy (non-hydrogen) atoms. The first-order chi connectivity index (χ1) is 20.8. The number of hydrogen-bond donors (Lipinski definition) is 0. The van der Waals surface area contributed by atoms with E-state index in [1.807, 2.05) is 6.07 Å². The second-order valence-electron chi connectivity index (χ2n) is 11.0. The topological polar surface area (TPSA) is 12.9 Å². The van der Waals surface area contributed by atoms with Crippen LogP contribution in [0.1, 0.15) is 18.4 Å². The Labute approximate surface area is 245 Å². The van der Waals surface area contributed by atoms with E-state index < -0.39 is 0 Å². The highest BCUT2D eigenvalue weighted by Gasteiger charge is 2.19. The molecule has 1 aromatic heterocycles. The Kier molecular flexibility index (Phi) is 6.00. The van der Waals surface area contributed by atoms with E-state index in [0.717, 1.165) is 35.4 Å². The molecule has 0 radical (unpaired) electrons. The smallest absolute Gasteiger partial charge is 0.0709 e. The van der Waals surface area contributed by atoms with Gasteiger partial charge in [-0.25, -0.2) is 4.98 Å². The molecular formula is C41H29N. The van der Waals surface area contributed by atoms with E-state index >= 15 is 0 Å². The molecule has 0 amide bonds. The van der Waals surface area contributed by atoms with Crippen LogP contribution in [-0.2, 0) is 0 Å². The molecule has 0 unspecified atom stereocenters. The molecule has 0 spiro atoms. The molecule has 0 saturated carbocycles. The minimum absolute atomic E-state index is 0.981. The van der Waals surface area contributed by atoms with Crippen LogP contribution in [0.5, 0.6) is 0 Å². The van der Waals surface area contributed by atoms with Gasteiger partial charge in [0, 0.05) is 11.1 Å². The van der Waals surface area contributed by atoms with Crippen molar-refractivity contribution in [3.63, 3.8) is 0 Å². The molecule has 1 aliphatic rings. The molecule has 0 bridgehead atoms. The van der Waals surface area contributed by atoms with Gasteiger partial charge in [0.1, 0.15) is 0 Å². The molecule has 0 fully saturated rings. The van der Waals surface area contributed by atoms with Crippen molar-refractivity contribution in [1.29, 1.82) is 0 Å². The summed E-state index contributed by atoms with van der Waals surface area (Å²) in [5, 5.41) is 7.90. The van der Waals surface area contributed by atoms with Crippen molar-refractivity contribution in [2.75, 3.05) is 0 Å². The minimum atomic E-state index is 0.981. The molecule has 0 saturated heterocycles. The number of rotatable bonds is 4. The summed E-state index contributed by atoms with van der Waals surface area (Å²) in [5.41, 5.74) is 9.52. The normalized spacial score (nSPS) is 12.7. The molecule has 8 rings (SSSR count). The highest BCUT2D eigenvalue weighted by Crippen LogP contribution is 2.43. The fourth-order valence-electron chi connectivity index (χ4n) is 6.68. The second kappa shape index (κ2) is 10.3. The van der Waals surface area contributed by atoms with Crippen LogP contribution in [0.2, 0.25) is 0 Å². The van der Waals surface area contributed by atoms with Crippen molar-refractivity contribution in [2.45, 2.75) is 12.8 Å². The zero-order chi connectivity index (χ0) is 27.9. The van der Waals surface area contributed by atoms with E-state index in [9.17, 15) is 0 Å². The molecular weight excluding hydrogens is 506 g/mol. The molecule has 0 aliphatic heterocycles. The highest BCUT2D eigenvalue weighted by atomic mass is 14.7. The average Bonchev–Trinajstić information content (AvgIpc) is 3.07.